The zero-order valence-corrected chi connectivity index (χ0v) is 8.59. The number of rotatable bonds is 2. The number of hydrazone groups is 1. The summed E-state index contributed by atoms with van der Waals surface area (Å²) < 4.78 is 0. The van der Waals surface area contributed by atoms with Gasteiger partial charge in [-0.25, -0.2) is 5.01 Å². The van der Waals surface area contributed by atoms with Gasteiger partial charge in [0, 0.05) is 0 Å². The first-order chi connectivity index (χ1) is 7.72. The zero-order valence-electron chi connectivity index (χ0n) is 8.59. The van der Waals surface area contributed by atoms with Crippen molar-refractivity contribution in [3.05, 3.63) is 48.0 Å². The van der Waals surface area contributed by atoms with Gasteiger partial charge in [0.05, 0.1) is 12.8 Å². The van der Waals surface area contributed by atoms with Crippen molar-refractivity contribution in [2.24, 2.45) is 5.10 Å². The topological polar surface area (TPSA) is 49.7 Å². The van der Waals surface area contributed by atoms with Crippen molar-refractivity contribution >= 4 is 17.9 Å². The Labute approximate surface area is 92.9 Å². The Morgan fingerprint density at radius 2 is 2.12 bits per heavy atom. The quantitative estimate of drug-likeness (QED) is 0.547. The number of nitrogens with zero attached hydrogens (tertiary/aromatic N) is 2. The molecule has 80 valence electrons. The minimum Gasteiger partial charge on any atom is -0.284 e. The molecule has 2 rings (SSSR count). The molecule has 0 saturated carbocycles. The molecule has 0 aromatic heterocycles. The Kier molecular flexibility index (Phi) is 2.64. The van der Waals surface area contributed by atoms with Crippen LogP contribution >= 0.6 is 0 Å². The first kappa shape index (κ1) is 10.3. The van der Waals surface area contributed by atoms with Crippen LogP contribution in [0.25, 0.3) is 0 Å². The van der Waals surface area contributed by atoms with Crippen molar-refractivity contribution < 1.29 is 9.59 Å². The van der Waals surface area contributed by atoms with Crippen LogP contribution in [0.5, 0.6) is 0 Å². The van der Waals surface area contributed by atoms with Gasteiger partial charge in [-0.3, -0.25) is 9.59 Å². The van der Waals surface area contributed by atoms with E-state index in [0.717, 1.165) is 22.2 Å². The van der Waals surface area contributed by atoms with Crippen LogP contribution in [0.1, 0.15) is 11.1 Å². The van der Waals surface area contributed by atoms with Crippen LogP contribution in [0, 0.1) is 0 Å². The third-order valence-electron chi connectivity index (χ3n) is 2.34. The molecular weight excluding hydrogens is 204 g/mol. The van der Waals surface area contributed by atoms with E-state index in [4.69, 9.17) is 0 Å². The maximum Gasteiger partial charge on any atom is 0.314 e. The molecule has 1 aliphatic rings. The van der Waals surface area contributed by atoms with Gasteiger partial charge >= 0.3 is 5.91 Å². The average molecular weight is 214 g/mol. The number of hydrogen-bond donors (Lipinski definition) is 0. The number of carbonyl (C=O) groups excluding carboxylic acids is 2. The molecule has 1 aliphatic heterocycles. The second-order valence-corrected chi connectivity index (χ2v) is 3.37. The Morgan fingerprint density at radius 3 is 2.88 bits per heavy atom. The molecular formula is C12H10N2O2. The summed E-state index contributed by atoms with van der Waals surface area (Å²) >= 11 is 0. The lowest BCUT2D eigenvalue weighted by atomic mass is 10.1. The number of carbonyl (C=O) groups is 2. The monoisotopic (exact) mass is 214 g/mol. The molecule has 0 spiro atoms. The van der Waals surface area contributed by atoms with E-state index in [1.165, 1.54) is 0 Å². The largest absolute Gasteiger partial charge is 0.314 e. The summed E-state index contributed by atoms with van der Waals surface area (Å²) in [4.78, 5) is 22.7. The lowest BCUT2D eigenvalue weighted by Crippen LogP contribution is -2.33. The van der Waals surface area contributed by atoms with Gasteiger partial charge in [0.15, 0.2) is 0 Å². The van der Waals surface area contributed by atoms with Crippen molar-refractivity contribution in [1.82, 2.24) is 5.01 Å². The summed E-state index contributed by atoms with van der Waals surface area (Å²) in [5.74, 6) is -1.29. The second-order valence-electron chi connectivity index (χ2n) is 3.37. The van der Waals surface area contributed by atoms with E-state index in [1.54, 1.807) is 6.21 Å². The van der Waals surface area contributed by atoms with Crippen LogP contribution in [-0.2, 0) is 16.1 Å². The fourth-order valence-corrected chi connectivity index (χ4v) is 1.48. The summed E-state index contributed by atoms with van der Waals surface area (Å²) in [5.41, 5.74) is 1.94. The van der Waals surface area contributed by atoms with Gasteiger partial charge < -0.3 is 0 Å². The van der Waals surface area contributed by atoms with Crippen LogP contribution in [-0.4, -0.2) is 22.9 Å². The average Bonchev–Trinajstić information content (AvgIpc) is 2.36. The van der Waals surface area contributed by atoms with Crippen molar-refractivity contribution in [3.8, 4) is 0 Å². The standard InChI is InChI=1S/C12H10N2O2/c1-2-11(15)12(16)14-8-10-6-4-3-5-9(10)7-13-14/h2-7H,1,8H2. The molecule has 1 aromatic carbocycles. The van der Waals surface area contributed by atoms with Gasteiger partial charge in [-0.05, 0) is 17.2 Å². The maximum atomic E-state index is 11.5. The number of benzene rings is 1. The Hall–Kier alpha value is -2.23. The highest BCUT2D eigenvalue weighted by Crippen LogP contribution is 2.15. The fourth-order valence-electron chi connectivity index (χ4n) is 1.48. The predicted molar refractivity (Wildman–Crippen MR) is 59.8 cm³/mol. The number of hydrogen-bond acceptors (Lipinski definition) is 3. The van der Waals surface area contributed by atoms with E-state index in [0.29, 0.717) is 6.54 Å². The molecule has 0 aliphatic carbocycles. The van der Waals surface area contributed by atoms with Gasteiger partial charge in [-0.15, -0.1) is 0 Å². The minimum atomic E-state index is -0.652. The molecule has 16 heavy (non-hydrogen) atoms. The van der Waals surface area contributed by atoms with E-state index >= 15 is 0 Å². The molecule has 1 heterocycles. The van der Waals surface area contributed by atoms with Crippen molar-refractivity contribution in [2.75, 3.05) is 0 Å². The van der Waals surface area contributed by atoms with E-state index in [2.05, 4.69) is 11.7 Å². The third kappa shape index (κ3) is 1.77. The van der Waals surface area contributed by atoms with Crippen LogP contribution in [0.4, 0.5) is 0 Å². The van der Waals surface area contributed by atoms with E-state index in [1.807, 2.05) is 24.3 Å². The molecule has 4 nitrogen and oxygen atoms in total. The Morgan fingerprint density at radius 1 is 1.38 bits per heavy atom. The Balaban J connectivity index is 2.23. The molecule has 0 N–H and O–H groups in total. The van der Waals surface area contributed by atoms with Crippen molar-refractivity contribution in [1.29, 1.82) is 0 Å². The molecule has 0 saturated heterocycles. The van der Waals surface area contributed by atoms with Gasteiger partial charge in [0.1, 0.15) is 0 Å². The molecule has 0 unspecified atom stereocenters. The van der Waals surface area contributed by atoms with Crippen LogP contribution in [0.2, 0.25) is 0 Å². The van der Waals surface area contributed by atoms with Gasteiger partial charge in [0.2, 0.25) is 5.78 Å². The molecule has 4 heteroatoms. The van der Waals surface area contributed by atoms with E-state index in [-0.39, 0.29) is 0 Å². The normalized spacial score (nSPS) is 13.1. The smallest absolute Gasteiger partial charge is 0.284 e. The summed E-state index contributed by atoms with van der Waals surface area (Å²) in [5, 5.41) is 5.08. The van der Waals surface area contributed by atoms with Gasteiger partial charge in [-0.2, -0.15) is 5.10 Å². The maximum absolute atomic E-state index is 11.5. The van der Waals surface area contributed by atoms with Crippen LogP contribution in [0.15, 0.2) is 42.0 Å². The molecule has 0 radical (unpaired) electrons. The highest BCUT2D eigenvalue weighted by molar-refractivity contribution is 6.40. The minimum absolute atomic E-state index is 0.324. The number of fused-ring (bicyclic) bond motifs is 1. The molecule has 1 amide bonds. The highest BCUT2D eigenvalue weighted by atomic mass is 16.2. The fraction of sp³-hybridized carbons (Fsp3) is 0.0833. The molecule has 0 bridgehead atoms. The van der Waals surface area contributed by atoms with Crippen LogP contribution < -0.4 is 0 Å². The summed E-state index contributed by atoms with van der Waals surface area (Å²) in [6.45, 7) is 3.60. The lowest BCUT2D eigenvalue weighted by molar-refractivity contribution is -0.142. The predicted octanol–water partition coefficient (Wildman–Crippen LogP) is 1.12. The SMILES string of the molecule is C=CC(=O)C(=O)N1Cc2ccccc2C=N1. The number of ketones is 1. The summed E-state index contributed by atoms with van der Waals surface area (Å²) in [6, 6.07) is 7.60. The lowest BCUT2D eigenvalue weighted by Gasteiger charge is -2.20. The summed E-state index contributed by atoms with van der Waals surface area (Å²) in [6.07, 6.45) is 2.57. The number of amides is 1. The first-order valence-electron chi connectivity index (χ1n) is 4.82. The van der Waals surface area contributed by atoms with Gasteiger partial charge in [0.25, 0.3) is 0 Å². The highest BCUT2D eigenvalue weighted by Gasteiger charge is 2.21. The summed E-state index contributed by atoms with van der Waals surface area (Å²) in [7, 11) is 0. The third-order valence-corrected chi connectivity index (χ3v) is 2.34. The molecule has 1 aromatic rings. The molecule has 0 atom stereocenters. The van der Waals surface area contributed by atoms with Gasteiger partial charge in [-0.1, -0.05) is 30.8 Å². The van der Waals surface area contributed by atoms with E-state index < -0.39 is 11.7 Å². The second kappa shape index (κ2) is 4.10. The van der Waals surface area contributed by atoms with Crippen LogP contribution in [0.3, 0.4) is 0 Å². The Bertz CT molecular complexity index is 492. The van der Waals surface area contributed by atoms with Crippen molar-refractivity contribution in [2.45, 2.75) is 6.54 Å². The zero-order chi connectivity index (χ0) is 11.5. The first-order valence-corrected chi connectivity index (χ1v) is 4.82. The molecule has 0 fully saturated rings. The van der Waals surface area contributed by atoms with Crippen molar-refractivity contribution in [3.63, 3.8) is 0 Å². The van der Waals surface area contributed by atoms with E-state index in [9.17, 15) is 9.59 Å².